The maximum Gasteiger partial charge on any atom is 0.407 e. The van der Waals surface area contributed by atoms with Gasteiger partial charge in [0.25, 0.3) is 0 Å². The van der Waals surface area contributed by atoms with Gasteiger partial charge in [-0.05, 0) is 52.0 Å². The quantitative estimate of drug-likeness (QED) is 0.760. The molecule has 2 saturated carbocycles. The molecule has 2 aliphatic rings. The summed E-state index contributed by atoms with van der Waals surface area (Å²) in [6, 6.07) is 3.80. The van der Waals surface area contributed by atoms with E-state index in [9.17, 15) is 4.79 Å². The van der Waals surface area contributed by atoms with Gasteiger partial charge in [0, 0.05) is 29.4 Å². The highest BCUT2D eigenvalue weighted by atomic mass is 16.6. The van der Waals surface area contributed by atoms with E-state index in [1.807, 2.05) is 19.9 Å². The molecule has 0 aromatic carbocycles. The van der Waals surface area contributed by atoms with E-state index >= 15 is 0 Å². The second-order valence-electron chi connectivity index (χ2n) is 7.55. The fourth-order valence-electron chi connectivity index (χ4n) is 3.34. The number of H-pyrrole nitrogens is 1. The van der Waals surface area contributed by atoms with Crippen molar-refractivity contribution in [1.29, 1.82) is 0 Å². The summed E-state index contributed by atoms with van der Waals surface area (Å²) in [5.41, 5.74) is 1.01. The van der Waals surface area contributed by atoms with Crippen LogP contribution < -0.4 is 10.6 Å². The smallest absolute Gasteiger partial charge is 0.407 e. The average molecular weight is 356 g/mol. The third kappa shape index (κ3) is 3.95. The molecule has 0 bridgehead atoms. The first-order chi connectivity index (χ1) is 12.5. The molecule has 0 saturated heterocycles. The van der Waals surface area contributed by atoms with E-state index in [4.69, 9.17) is 4.74 Å². The first-order valence-corrected chi connectivity index (χ1v) is 9.10. The molecule has 8 heteroatoms. The first kappa shape index (κ1) is 16.8. The van der Waals surface area contributed by atoms with Crippen LogP contribution in [-0.2, 0) is 4.74 Å². The second-order valence-corrected chi connectivity index (χ2v) is 7.55. The van der Waals surface area contributed by atoms with Gasteiger partial charge in [0.1, 0.15) is 17.7 Å². The summed E-state index contributed by atoms with van der Waals surface area (Å²) in [6.45, 7) is 3.89. The van der Waals surface area contributed by atoms with Gasteiger partial charge in [0.15, 0.2) is 5.82 Å². The Bertz CT molecular complexity index is 800. The second kappa shape index (κ2) is 6.59. The molecular weight excluding hydrogens is 332 g/mol. The summed E-state index contributed by atoms with van der Waals surface area (Å²) in [5.74, 6) is 2.47. The normalized spacial score (nSPS) is 23.5. The number of ether oxygens (including phenoxy) is 1. The summed E-state index contributed by atoms with van der Waals surface area (Å²) in [6.07, 6.45) is 6.12. The van der Waals surface area contributed by atoms with Gasteiger partial charge in [-0.2, -0.15) is 5.10 Å². The Balaban J connectivity index is 1.31. The largest absolute Gasteiger partial charge is 0.446 e. The van der Waals surface area contributed by atoms with Crippen LogP contribution in [-0.4, -0.2) is 37.9 Å². The van der Waals surface area contributed by atoms with Gasteiger partial charge >= 0.3 is 6.09 Å². The Morgan fingerprint density at radius 3 is 2.96 bits per heavy atom. The van der Waals surface area contributed by atoms with Crippen LogP contribution >= 0.6 is 0 Å². The number of nitrogens with zero attached hydrogens (tertiary/aromatic N) is 3. The van der Waals surface area contributed by atoms with Gasteiger partial charge in [0.2, 0.25) is 0 Å². The van der Waals surface area contributed by atoms with Crippen LogP contribution in [0.1, 0.15) is 56.5 Å². The average Bonchev–Trinajstić information content (AvgIpc) is 2.99. The summed E-state index contributed by atoms with van der Waals surface area (Å²) in [4.78, 5) is 20.4. The molecule has 2 aromatic rings. The third-order valence-corrected chi connectivity index (χ3v) is 5.13. The number of amides is 1. The molecule has 3 N–H and O–H groups in total. The fourth-order valence-corrected chi connectivity index (χ4v) is 3.34. The zero-order valence-corrected chi connectivity index (χ0v) is 15.1. The number of carbonyl (C=O) groups excluding carboxylic acids is 1. The number of anilines is 2. The van der Waals surface area contributed by atoms with E-state index in [2.05, 4.69) is 30.8 Å². The minimum atomic E-state index is -0.290. The third-order valence-electron chi connectivity index (χ3n) is 5.13. The van der Waals surface area contributed by atoms with Gasteiger partial charge in [-0.15, -0.1) is 0 Å². The number of aryl methyl sites for hydroxylation is 1. The number of aromatic amines is 1. The van der Waals surface area contributed by atoms with Gasteiger partial charge in [-0.1, -0.05) is 0 Å². The van der Waals surface area contributed by atoms with Crippen LogP contribution in [0, 0.1) is 6.92 Å². The lowest BCUT2D eigenvalue weighted by molar-refractivity contribution is 0.0967. The van der Waals surface area contributed by atoms with Crippen LogP contribution in [0.25, 0.3) is 0 Å². The van der Waals surface area contributed by atoms with Crippen molar-refractivity contribution in [2.75, 3.05) is 5.32 Å². The van der Waals surface area contributed by atoms with E-state index in [0.717, 1.165) is 43.6 Å². The standard InChI is InChI=1S/C18H24N6O2/c1-11-19-8-5-15(20-11)21-16-10-14(23-24-16)12-3-4-13(9-12)26-17(25)22-18(2)6-7-18/h5,8,10,12-13H,3-4,6-7,9H2,1-2H3,(H,22,25)(H2,19,20,21,23,24)/t12-,13+/m0/s1. The summed E-state index contributed by atoms with van der Waals surface area (Å²) >= 11 is 0. The number of nitrogens with one attached hydrogen (secondary N) is 3. The molecule has 138 valence electrons. The summed E-state index contributed by atoms with van der Waals surface area (Å²) in [5, 5.41) is 13.5. The van der Waals surface area contributed by atoms with Crippen LogP contribution in [0.15, 0.2) is 18.3 Å². The molecule has 2 atom stereocenters. The Kier molecular flexibility index (Phi) is 4.26. The molecule has 8 nitrogen and oxygen atoms in total. The van der Waals surface area contributed by atoms with Crippen molar-refractivity contribution in [3.05, 3.63) is 29.8 Å². The minimum Gasteiger partial charge on any atom is -0.446 e. The van der Waals surface area contributed by atoms with Crippen LogP contribution in [0.3, 0.4) is 0 Å². The number of hydrogen-bond donors (Lipinski definition) is 3. The van der Waals surface area contributed by atoms with Crippen molar-refractivity contribution in [3.63, 3.8) is 0 Å². The van der Waals surface area contributed by atoms with E-state index < -0.39 is 0 Å². The van der Waals surface area contributed by atoms with Crippen LogP contribution in [0.2, 0.25) is 0 Å². The Morgan fingerprint density at radius 2 is 2.19 bits per heavy atom. The molecule has 1 amide bonds. The maximum atomic E-state index is 12.0. The molecule has 2 aliphatic carbocycles. The molecule has 0 aliphatic heterocycles. The SMILES string of the molecule is Cc1nccc(Nc2cc([C@H]3CC[C@@H](OC(=O)NC4(C)CC4)C3)[nH]n2)n1. The minimum absolute atomic E-state index is 0.0356. The monoisotopic (exact) mass is 356 g/mol. The highest BCUT2D eigenvalue weighted by Crippen LogP contribution is 2.37. The molecule has 4 rings (SSSR count). The Morgan fingerprint density at radius 1 is 1.35 bits per heavy atom. The topological polar surface area (TPSA) is 105 Å². The van der Waals surface area contributed by atoms with Crippen LogP contribution in [0.4, 0.5) is 16.4 Å². The Labute approximate surface area is 152 Å². The van der Waals surface area contributed by atoms with E-state index in [1.54, 1.807) is 12.3 Å². The van der Waals surface area contributed by atoms with Crippen molar-refractivity contribution in [2.24, 2.45) is 0 Å². The van der Waals surface area contributed by atoms with Crippen molar-refractivity contribution in [1.82, 2.24) is 25.5 Å². The molecule has 0 spiro atoms. The van der Waals surface area contributed by atoms with Crippen molar-refractivity contribution in [3.8, 4) is 0 Å². The predicted molar refractivity (Wildman–Crippen MR) is 96.3 cm³/mol. The molecule has 2 heterocycles. The van der Waals surface area contributed by atoms with Gasteiger partial charge < -0.3 is 15.4 Å². The molecular formula is C18H24N6O2. The lowest BCUT2D eigenvalue weighted by Gasteiger charge is -2.16. The number of carbonyl (C=O) groups is 1. The van der Waals surface area contributed by atoms with E-state index in [1.165, 1.54) is 0 Å². The highest BCUT2D eigenvalue weighted by molar-refractivity contribution is 5.69. The van der Waals surface area contributed by atoms with Gasteiger partial charge in [-0.25, -0.2) is 14.8 Å². The van der Waals surface area contributed by atoms with Crippen molar-refractivity contribution < 1.29 is 9.53 Å². The predicted octanol–water partition coefficient (Wildman–Crippen LogP) is 3.17. The summed E-state index contributed by atoms with van der Waals surface area (Å²) in [7, 11) is 0. The van der Waals surface area contributed by atoms with Crippen molar-refractivity contribution >= 4 is 17.7 Å². The van der Waals surface area contributed by atoms with E-state index in [0.29, 0.717) is 17.6 Å². The van der Waals surface area contributed by atoms with Crippen LogP contribution in [0.5, 0.6) is 0 Å². The maximum absolute atomic E-state index is 12.0. The van der Waals surface area contributed by atoms with Crippen molar-refractivity contribution in [2.45, 2.75) is 63.5 Å². The number of aromatic nitrogens is 4. The zero-order valence-electron chi connectivity index (χ0n) is 15.1. The van der Waals surface area contributed by atoms with Gasteiger partial charge in [-0.3, -0.25) is 5.10 Å². The number of hydrogen-bond acceptors (Lipinski definition) is 6. The molecule has 2 fully saturated rings. The van der Waals surface area contributed by atoms with Gasteiger partial charge in [0.05, 0.1) is 0 Å². The first-order valence-electron chi connectivity index (χ1n) is 9.10. The zero-order chi connectivity index (χ0) is 18.1. The molecule has 26 heavy (non-hydrogen) atoms. The molecule has 2 aromatic heterocycles. The highest BCUT2D eigenvalue weighted by Gasteiger charge is 2.40. The Hall–Kier alpha value is -2.64. The van der Waals surface area contributed by atoms with E-state index in [-0.39, 0.29) is 17.7 Å². The molecule has 0 radical (unpaired) electrons. The number of rotatable bonds is 5. The summed E-state index contributed by atoms with van der Waals surface area (Å²) < 4.78 is 5.58. The fraction of sp³-hybridized carbons (Fsp3) is 0.556. The molecule has 0 unspecified atom stereocenters. The number of alkyl carbamates (subject to hydrolysis) is 1. The lowest BCUT2D eigenvalue weighted by atomic mass is 10.0. The lowest BCUT2D eigenvalue weighted by Crippen LogP contribution is -2.36.